The minimum absolute atomic E-state index is 0.0173. The molecule has 0 aliphatic carbocycles. The first-order valence-electron chi connectivity index (χ1n) is 7.87. The molecule has 0 spiro atoms. The van der Waals surface area contributed by atoms with Crippen LogP contribution >= 0.6 is 0 Å². The highest BCUT2D eigenvalue weighted by molar-refractivity contribution is 6.08. The molecule has 118 valence electrons. The second-order valence-electron chi connectivity index (χ2n) is 6.33. The van der Waals surface area contributed by atoms with Crippen molar-refractivity contribution in [2.45, 2.75) is 52.8 Å². The summed E-state index contributed by atoms with van der Waals surface area (Å²) in [5.74, 6) is 0.0173. The second kappa shape index (κ2) is 6.49. The van der Waals surface area contributed by atoms with Gasteiger partial charge in [0.1, 0.15) is 0 Å². The Bertz CT molecular complexity index is 661. The van der Waals surface area contributed by atoms with E-state index in [4.69, 9.17) is 0 Å². The molecule has 0 aromatic heterocycles. The highest BCUT2D eigenvalue weighted by Crippen LogP contribution is 2.29. The maximum atomic E-state index is 13.1. The first kappa shape index (κ1) is 16.5. The molecule has 0 saturated carbocycles. The number of benzene rings is 2. The third-order valence-corrected chi connectivity index (χ3v) is 3.96. The molecule has 22 heavy (non-hydrogen) atoms. The predicted octanol–water partition coefficient (Wildman–Crippen LogP) is 4.15. The molecule has 1 atom stereocenters. The average Bonchev–Trinajstić information content (AvgIpc) is 2.44. The largest absolute Gasteiger partial charge is 0.389 e. The molecule has 0 fully saturated rings. The van der Waals surface area contributed by atoms with Gasteiger partial charge in [0, 0.05) is 23.0 Å². The molecule has 3 heteroatoms. The van der Waals surface area contributed by atoms with E-state index in [1.54, 1.807) is 6.92 Å². The molecular formula is C19H25NO2. The predicted molar refractivity (Wildman–Crippen MR) is 91.0 cm³/mol. The Hall–Kier alpha value is -1.87. The lowest BCUT2D eigenvalue weighted by Gasteiger charge is -2.31. The summed E-state index contributed by atoms with van der Waals surface area (Å²) >= 11 is 0. The number of fused-ring (bicyclic) bond motifs is 1. The van der Waals surface area contributed by atoms with Crippen molar-refractivity contribution < 1.29 is 9.90 Å². The average molecular weight is 299 g/mol. The molecule has 0 unspecified atom stereocenters. The summed E-state index contributed by atoms with van der Waals surface area (Å²) in [4.78, 5) is 14.9. The molecule has 0 aliphatic rings. The van der Waals surface area contributed by atoms with Gasteiger partial charge in [-0.1, -0.05) is 30.3 Å². The number of aliphatic hydroxyl groups excluding tert-OH is 1. The Morgan fingerprint density at radius 1 is 0.955 bits per heavy atom. The fourth-order valence-corrected chi connectivity index (χ4v) is 3.10. The first-order chi connectivity index (χ1) is 10.3. The molecule has 2 aromatic rings. The van der Waals surface area contributed by atoms with Gasteiger partial charge in [-0.25, -0.2) is 0 Å². The molecule has 0 heterocycles. The summed E-state index contributed by atoms with van der Waals surface area (Å²) < 4.78 is 0. The topological polar surface area (TPSA) is 40.5 Å². The van der Waals surface area contributed by atoms with Crippen molar-refractivity contribution >= 4 is 16.7 Å². The van der Waals surface area contributed by atoms with Crippen molar-refractivity contribution in [3.63, 3.8) is 0 Å². The molecule has 2 rings (SSSR count). The quantitative estimate of drug-likeness (QED) is 0.921. The molecule has 2 aromatic carbocycles. The Labute approximate surface area is 132 Å². The maximum Gasteiger partial charge on any atom is 0.254 e. The van der Waals surface area contributed by atoms with Crippen LogP contribution in [0.2, 0.25) is 0 Å². The second-order valence-corrected chi connectivity index (χ2v) is 6.33. The van der Waals surface area contributed by atoms with Gasteiger partial charge in [0.25, 0.3) is 5.91 Å². The molecule has 0 aliphatic heterocycles. The zero-order valence-electron chi connectivity index (χ0n) is 14.0. The Kier molecular flexibility index (Phi) is 4.87. The van der Waals surface area contributed by atoms with Crippen molar-refractivity contribution in [1.82, 2.24) is 4.90 Å². The van der Waals surface area contributed by atoms with Crippen LogP contribution in [0.1, 0.15) is 56.6 Å². The maximum absolute atomic E-state index is 13.1. The van der Waals surface area contributed by atoms with Gasteiger partial charge >= 0.3 is 0 Å². The number of amides is 1. The molecule has 0 bridgehead atoms. The van der Waals surface area contributed by atoms with Crippen molar-refractivity contribution in [1.29, 1.82) is 0 Å². The van der Waals surface area contributed by atoms with Gasteiger partial charge in [-0.2, -0.15) is 0 Å². The highest BCUT2D eigenvalue weighted by Gasteiger charge is 2.24. The normalized spacial score (nSPS) is 12.9. The Morgan fingerprint density at radius 2 is 1.50 bits per heavy atom. The summed E-state index contributed by atoms with van der Waals surface area (Å²) in [5, 5.41) is 11.9. The molecule has 1 N–H and O–H groups in total. The van der Waals surface area contributed by atoms with Crippen molar-refractivity contribution in [3.8, 4) is 0 Å². The van der Waals surface area contributed by atoms with Crippen LogP contribution in [-0.4, -0.2) is 28.0 Å². The monoisotopic (exact) mass is 299 g/mol. The van der Waals surface area contributed by atoms with Crippen LogP contribution in [0.5, 0.6) is 0 Å². The van der Waals surface area contributed by atoms with Gasteiger partial charge < -0.3 is 10.0 Å². The lowest BCUT2D eigenvalue weighted by Crippen LogP contribution is -2.42. The molecule has 1 amide bonds. The zero-order chi connectivity index (χ0) is 16.4. The van der Waals surface area contributed by atoms with E-state index in [9.17, 15) is 9.90 Å². The summed E-state index contributed by atoms with van der Waals surface area (Å²) in [7, 11) is 0. The minimum Gasteiger partial charge on any atom is -0.389 e. The Morgan fingerprint density at radius 3 is 2.00 bits per heavy atom. The minimum atomic E-state index is -0.607. The number of aliphatic hydroxyl groups is 1. The van der Waals surface area contributed by atoms with Gasteiger partial charge in [-0.15, -0.1) is 0 Å². The van der Waals surface area contributed by atoms with Crippen LogP contribution in [0.15, 0.2) is 36.4 Å². The number of carbonyl (C=O) groups is 1. The third-order valence-electron chi connectivity index (χ3n) is 3.96. The van der Waals surface area contributed by atoms with E-state index in [2.05, 4.69) is 0 Å². The number of carbonyl (C=O) groups excluding carboxylic acids is 1. The highest BCUT2D eigenvalue weighted by atomic mass is 16.3. The van der Waals surface area contributed by atoms with Crippen LogP contribution in [0.3, 0.4) is 0 Å². The standard InChI is InChI=1S/C19H25NO2/c1-12(2)20(13(3)4)19(22)17-11-7-9-15-8-6-10-16(14(5)21)18(15)17/h6-14,21H,1-5H3/t14-/m0/s1. The van der Waals surface area contributed by atoms with E-state index in [1.807, 2.05) is 69.0 Å². The van der Waals surface area contributed by atoms with E-state index < -0.39 is 6.10 Å². The lowest BCUT2D eigenvalue weighted by molar-refractivity contribution is 0.0645. The SMILES string of the molecule is CC(C)N(C(=O)c1cccc2cccc([C@H](C)O)c12)C(C)C. The smallest absolute Gasteiger partial charge is 0.254 e. The number of hydrogen-bond donors (Lipinski definition) is 1. The number of hydrogen-bond acceptors (Lipinski definition) is 2. The van der Waals surface area contributed by atoms with Gasteiger partial charge in [0.15, 0.2) is 0 Å². The van der Waals surface area contributed by atoms with Crippen LogP contribution in [0.25, 0.3) is 10.8 Å². The number of rotatable bonds is 4. The zero-order valence-corrected chi connectivity index (χ0v) is 14.0. The molecule has 3 nitrogen and oxygen atoms in total. The van der Waals surface area contributed by atoms with E-state index in [0.717, 1.165) is 16.3 Å². The van der Waals surface area contributed by atoms with Crippen molar-refractivity contribution in [3.05, 3.63) is 47.5 Å². The molecule has 0 saturated heterocycles. The van der Waals surface area contributed by atoms with Gasteiger partial charge in [-0.3, -0.25) is 4.79 Å². The van der Waals surface area contributed by atoms with Crippen molar-refractivity contribution in [2.24, 2.45) is 0 Å². The van der Waals surface area contributed by atoms with Crippen LogP contribution < -0.4 is 0 Å². The summed E-state index contributed by atoms with van der Waals surface area (Å²) in [6, 6.07) is 11.8. The summed E-state index contributed by atoms with van der Waals surface area (Å²) in [6.07, 6.45) is -0.607. The van der Waals surface area contributed by atoms with E-state index >= 15 is 0 Å². The molecular weight excluding hydrogens is 274 g/mol. The van der Waals surface area contributed by atoms with Crippen LogP contribution in [0.4, 0.5) is 0 Å². The van der Waals surface area contributed by atoms with Gasteiger partial charge in [0.2, 0.25) is 0 Å². The van der Waals surface area contributed by atoms with Gasteiger partial charge in [-0.05, 0) is 51.6 Å². The Balaban J connectivity index is 2.67. The van der Waals surface area contributed by atoms with E-state index in [-0.39, 0.29) is 18.0 Å². The van der Waals surface area contributed by atoms with E-state index in [0.29, 0.717) is 5.56 Å². The summed E-state index contributed by atoms with van der Waals surface area (Å²) in [6.45, 7) is 9.84. The summed E-state index contributed by atoms with van der Waals surface area (Å²) in [5.41, 5.74) is 1.46. The lowest BCUT2D eigenvalue weighted by atomic mass is 9.95. The molecule has 0 radical (unpaired) electrons. The fourth-order valence-electron chi connectivity index (χ4n) is 3.10. The van der Waals surface area contributed by atoms with Crippen LogP contribution in [-0.2, 0) is 0 Å². The van der Waals surface area contributed by atoms with Gasteiger partial charge in [0.05, 0.1) is 6.10 Å². The first-order valence-corrected chi connectivity index (χ1v) is 7.87. The fraction of sp³-hybridized carbons (Fsp3) is 0.421. The van der Waals surface area contributed by atoms with Crippen molar-refractivity contribution in [2.75, 3.05) is 0 Å². The van der Waals surface area contributed by atoms with E-state index in [1.165, 1.54) is 0 Å². The third kappa shape index (κ3) is 3.00. The number of nitrogens with zero attached hydrogens (tertiary/aromatic N) is 1. The van der Waals surface area contributed by atoms with Crippen LogP contribution in [0, 0.1) is 0 Å².